The fraction of sp³-hybridized carbons (Fsp3) is 0.148. The quantitative estimate of drug-likeness (QED) is 0.344. The van der Waals surface area contributed by atoms with Gasteiger partial charge in [-0.05, 0) is 64.4 Å². The number of carbonyl (C=O) groups is 2. The van der Waals surface area contributed by atoms with Crippen LogP contribution in [0.4, 0.5) is 11.4 Å². The van der Waals surface area contributed by atoms with Crippen LogP contribution in [0.1, 0.15) is 32.0 Å². The minimum Gasteiger partial charge on any atom is -0.378 e. The minimum atomic E-state index is -0.203. The number of hydrogen-bond donors (Lipinski definition) is 0. The van der Waals surface area contributed by atoms with Crippen molar-refractivity contribution in [2.75, 3.05) is 38.0 Å². The molecular formula is C27H23CuN3O2. The smallest absolute Gasteiger partial charge is 0.213 e. The van der Waals surface area contributed by atoms with Gasteiger partial charge in [0.2, 0.25) is 5.78 Å². The zero-order valence-corrected chi connectivity index (χ0v) is 19.8. The van der Waals surface area contributed by atoms with Gasteiger partial charge in [0, 0.05) is 74.0 Å². The maximum Gasteiger partial charge on any atom is 0.213 e. The number of nitrogens with zero attached hydrogens (tertiary/aromatic N) is 3. The first kappa shape index (κ1) is 22.7. The van der Waals surface area contributed by atoms with Crippen LogP contribution in [0.25, 0.3) is 21.9 Å². The molecule has 5 nitrogen and oxygen atoms in total. The molecule has 0 saturated heterocycles. The summed E-state index contributed by atoms with van der Waals surface area (Å²) in [5, 5.41) is 1.71. The van der Waals surface area contributed by atoms with Gasteiger partial charge in [-0.1, -0.05) is 18.2 Å². The first-order valence-electron chi connectivity index (χ1n) is 10.5. The van der Waals surface area contributed by atoms with Crippen LogP contribution in [0.15, 0.2) is 66.9 Å². The molecule has 0 N–H and O–H groups in total. The van der Waals surface area contributed by atoms with Crippen LogP contribution >= 0.6 is 0 Å². The Balaban J connectivity index is 0.00000259. The predicted molar refractivity (Wildman–Crippen MR) is 129 cm³/mol. The molecule has 0 spiro atoms. The van der Waals surface area contributed by atoms with Gasteiger partial charge in [-0.2, -0.15) is 0 Å². The maximum absolute atomic E-state index is 13.5. The molecular weight excluding hydrogens is 462 g/mol. The molecule has 4 aromatic rings. The second-order valence-corrected chi connectivity index (χ2v) is 8.47. The number of rotatable bonds is 3. The summed E-state index contributed by atoms with van der Waals surface area (Å²) < 4.78 is 0. The summed E-state index contributed by atoms with van der Waals surface area (Å²) in [5.74, 6) is -0.364. The van der Waals surface area contributed by atoms with E-state index in [4.69, 9.17) is 0 Å². The van der Waals surface area contributed by atoms with Crippen LogP contribution in [-0.4, -0.2) is 44.7 Å². The van der Waals surface area contributed by atoms with Crippen molar-refractivity contribution in [1.29, 1.82) is 0 Å². The fourth-order valence-electron chi connectivity index (χ4n) is 4.33. The fourth-order valence-corrected chi connectivity index (χ4v) is 4.33. The van der Waals surface area contributed by atoms with Crippen molar-refractivity contribution in [1.82, 2.24) is 4.98 Å². The third-order valence-corrected chi connectivity index (χ3v) is 6.07. The summed E-state index contributed by atoms with van der Waals surface area (Å²) >= 11 is 0. The molecule has 5 rings (SSSR count). The zero-order valence-electron chi connectivity index (χ0n) is 18.8. The van der Waals surface area contributed by atoms with E-state index in [1.165, 1.54) is 0 Å². The summed E-state index contributed by atoms with van der Waals surface area (Å²) in [7, 11) is 7.92. The van der Waals surface area contributed by atoms with Crippen LogP contribution in [-0.2, 0) is 17.1 Å². The Kier molecular flexibility index (Phi) is 5.83. The summed E-state index contributed by atoms with van der Waals surface area (Å²) in [4.78, 5) is 35.2. The number of anilines is 2. The molecule has 0 aliphatic heterocycles. The summed E-state index contributed by atoms with van der Waals surface area (Å²) in [6.07, 6.45) is 1.56. The number of benzene rings is 3. The second kappa shape index (κ2) is 8.47. The van der Waals surface area contributed by atoms with Gasteiger partial charge in [0.05, 0.1) is 5.56 Å². The van der Waals surface area contributed by atoms with E-state index in [1.807, 2.05) is 62.3 Å². The van der Waals surface area contributed by atoms with E-state index >= 15 is 0 Å². The summed E-state index contributed by atoms with van der Waals surface area (Å²) in [6, 6.07) is 19.5. The third-order valence-electron chi connectivity index (χ3n) is 6.07. The molecule has 6 heteroatoms. The van der Waals surface area contributed by atoms with Crippen molar-refractivity contribution in [3.8, 4) is 11.1 Å². The monoisotopic (exact) mass is 484 g/mol. The number of aromatic nitrogens is 1. The van der Waals surface area contributed by atoms with E-state index < -0.39 is 0 Å². The van der Waals surface area contributed by atoms with Gasteiger partial charge >= 0.3 is 0 Å². The Labute approximate surface area is 203 Å². The Bertz CT molecular complexity index is 1410. The Morgan fingerprint density at radius 1 is 0.667 bits per heavy atom. The topological polar surface area (TPSA) is 53.5 Å². The summed E-state index contributed by atoms with van der Waals surface area (Å²) in [6.45, 7) is 0. The van der Waals surface area contributed by atoms with Gasteiger partial charge < -0.3 is 9.80 Å². The minimum absolute atomic E-state index is 0. The molecule has 1 heterocycles. The second-order valence-electron chi connectivity index (χ2n) is 8.47. The van der Waals surface area contributed by atoms with E-state index in [1.54, 1.807) is 18.3 Å². The molecule has 1 aromatic heterocycles. The largest absolute Gasteiger partial charge is 0.378 e. The summed E-state index contributed by atoms with van der Waals surface area (Å²) in [5.41, 5.74) is 5.45. The molecule has 1 radical (unpaired) electrons. The van der Waals surface area contributed by atoms with Crippen molar-refractivity contribution >= 4 is 33.7 Å². The van der Waals surface area contributed by atoms with Crippen molar-refractivity contribution in [3.63, 3.8) is 0 Å². The standard InChI is InChI=1S/C27H23N3O2.Cu/c1-29(2)17-9-7-16(8-10-17)21-15-23-24(22-14-18(30(3)4)11-12-19(21)22)27(32)25-20(26(23)31)6-5-13-28-25;/h5-15H,1-4H3;. The molecule has 0 unspecified atom stereocenters. The van der Waals surface area contributed by atoms with Gasteiger partial charge in [-0.15, -0.1) is 0 Å². The number of fused-ring (bicyclic) bond motifs is 4. The molecule has 0 saturated carbocycles. The third kappa shape index (κ3) is 3.61. The normalized spacial score (nSPS) is 12.1. The molecule has 33 heavy (non-hydrogen) atoms. The molecule has 1 aliphatic rings. The maximum atomic E-state index is 13.5. The van der Waals surface area contributed by atoms with E-state index in [9.17, 15) is 9.59 Å². The van der Waals surface area contributed by atoms with Crippen molar-refractivity contribution in [2.24, 2.45) is 0 Å². The van der Waals surface area contributed by atoms with Crippen LogP contribution in [0.3, 0.4) is 0 Å². The average Bonchev–Trinajstić information content (AvgIpc) is 2.81. The predicted octanol–water partition coefficient (Wildman–Crippen LogP) is 4.81. The van der Waals surface area contributed by atoms with Crippen molar-refractivity contribution in [3.05, 3.63) is 89.2 Å². The van der Waals surface area contributed by atoms with Gasteiger partial charge in [0.1, 0.15) is 5.69 Å². The van der Waals surface area contributed by atoms with Crippen LogP contribution in [0, 0.1) is 0 Å². The molecule has 1 aliphatic carbocycles. The van der Waals surface area contributed by atoms with E-state index in [0.29, 0.717) is 16.7 Å². The first-order valence-corrected chi connectivity index (χ1v) is 10.5. The average molecular weight is 485 g/mol. The number of carbonyl (C=O) groups excluding carboxylic acids is 2. The van der Waals surface area contributed by atoms with Crippen LogP contribution < -0.4 is 9.80 Å². The molecule has 0 amide bonds. The van der Waals surface area contributed by atoms with Crippen LogP contribution in [0.2, 0.25) is 0 Å². The molecule has 0 bridgehead atoms. The molecule has 0 fully saturated rings. The van der Waals surface area contributed by atoms with Crippen LogP contribution in [0.5, 0.6) is 0 Å². The Hall–Kier alpha value is -3.47. The van der Waals surface area contributed by atoms with Crippen molar-refractivity contribution in [2.45, 2.75) is 0 Å². The Morgan fingerprint density at radius 3 is 2.00 bits per heavy atom. The van der Waals surface area contributed by atoms with Gasteiger partial charge in [0.15, 0.2) is 5.78 Å². The van der Waals surface area contributed by atoms with Crippen molar-refractivity contribution < 1.29 is 26.7 Å². The van der Waals surface area contributed by atoms with E-state index in [-0.39, 0.29) is 34.3 Å². The first-order chi connectivity index (χ1) is 15.4. The number of hydrogen-bond acceptors (Lipinski definition) is 5. The number of ketones is 2. The Morgan fingerprint density at radius 2 is 1.33 bits per heavy atom. The van der Waals surface area contributed by atoms with Gasteiger partial charge in [-0.25, -0.2) is 0 Å². The van der Waals surface area contributed by atoms with E-state index in [2.05, 4.69) is 29.2 Å². The van der Waals surface area contributed by atoms with E-state index in [0.717, 1.165) is 33.3 Å². The van der Waals surface area contributed by atoms with Gasteiger partial charge in [0.25, 0.3) is 0 Å². The molecule has 3 aromatic carbocycles. The molecule has 169 valence electrons. The zero-order chi connectivity index (χ0) is 22.6. The SMILES string of the molecule is CN(C)c1ccc(-c2cc3c(c4cc(N(C)C)ccc24)C(=O)c2ncccc2C3=O)cc1.[Cu]. The molecule has 0 atom stereocenters. The van der Waals surface area contributed by atoms with Gasteiger partial charge in [-0.3, -0.25) is 14.6 Å². The number of pyridine rings is 1.